The van der Waals surface area contributed by atoms with E-state index in [1.165, 1.54) is 124 Å². The number of fused-ring (bicyclic) bond motifs is 12. The van der Waals surface area contributed by atoms with Crippen molar-refractivity contribution in [3.8, 4) is 33.4 Å². The van der Waals surface area contributed by atoms with Crippen molar-refractivity contribution in [1.82, 2.24) is 0 Å². The van der Waals surface area contributed by atoms with E-state index in [4.69, 9.17) is 0 Å². The number of aryl methyl sites for hydroxylation is 1. The van der Waals surface area contributed by atoms with Crippen LogP contribution in [-0.4, -0.2) is 14.8 Å². The summed E-state index contributed by atoms with van der Waals surface area (Å²) in [6, 6.07) is 118. The highest BCUT2D eigenvalue weighted by Crippen LogP contribution is 2.49. The van der Waals surface area contributed by atoms with Gasteiger partial charge in [0.2, 0.25) is 0 Å². The third kappa shape index (κ3) is 8.44. The first-order chi connectivity index (χ1) is 44.2. The Hall–Kier alpha value is -10.3. The Balaban J connectivity index is 1.01. The Morgan fingerprint density at radius 2 is 0.922 bits per heavy atom. The maximum Gasteiger partial charge on any atom is 0.258 e. The van der Waals surface area contributed by atoms with Crippen molar-refractivity contribution in [1.29, 1.82) is 0 Å². The normalized spacial score (nSPS) is 13.2. The first kappa shape index (κ1) is 53.9. The smallest absolute Gasteiger partial charge is 0.258 e. The fraction of sp³-hybridized carbons (Fsp3) is 0.0588. The lowest BCUT2D eigenvalue weighted by Gasteiger charge is -2.47. The molecule has 0 aliphatic carbocycles. The number of rotatable bonds is 9. The molecule has 0 fully saturated rings. The lowest BCUT2D eigenvalue weighted by atomic mass is 9.37. The van der Waals surface area contributed by atoms with Gasteiger partial charge in [-0.15, -0.1) is 11.3 Å². The third-order valence-corrected chi connectivity index (χ3v) is 25.7. The number of hydrogen-bond acceptors (Lipinski definition) is 3. The van der Waals surface area contributed by atoms with Crippen LogP contribution in [0.2, 0.25) is 0 Å². The van der Waals surface area contributed by atoms with E-state index >= 15 is 0 Å². The molecule has 2 aliphatic rings. The molecule has 0 bridgehead atoms. The molecular weight excluding hydrogens is 1120 g/mol. The summed E-state index contributed by atoms with van der Waals surface area (Å²) in [5.41, 5.74) is 19.1. The molecule has 17 rings (SSSR count). The van der Waals surface area contributed by atoms with Gasteiger partial charge >= 0.3 is 0 Å². The summed E-state index contributed by atoms with van der Waals surface area (Å²) in [5.74, 6) is 0. The second-order valence-electron chi connectivity index (χ2n) is 25.5. The Morgan fingerprint density at radius 3 is 1.56 bits per heavy atom. The largest absolute Gasteiger partial charge is 0.311 e. The van der Waals surface area contributed by atoms with Crippen LogP contribution in [0.15, 0.2) is 309 Å². The lowest BCUT2D eigenvalue weighted by Crippen LogP contribution is -2.86. The van der Waals surface area contributed by atoms with E-state index < -0.39 is 8.07 Å². The average molecular weight is 1180 g/mol. The number of thiophene rings is 1. The summed E-state index contributed by atoms with van der Waals surface area (Å²) >= 11 is 2.02. The second kappa shape index (κ2) is 21.2. The molecule has 426 valence electrons. The van der Waals surface area contributed by atoms with Crippen LogP contribution in [0, 0.1) is 6.92 Å². The van der Waals surface area contributed by atoms with Gasteiger partial charge in [-0.25, -0.2) is 0 Å². The van der Waals surface area contributed by atoms with E-state index in [0.29, 0.717) is 0 Å². The molecule has 0 saturated carbocycles. The maximum absolute atomic E-state index is 3.20. The van der Waals surface area contributed by atoms with Gasteiger partial charge in [0.05, 0.1) is 11.4 Å². The minimum atomic E-state index is -3.20. The van der Waals surface area contributed by atoms with Crippen LogP contribution >= 0.6 is 11.3 Å². The molecule has 1 aromatic heterocycles. The standard InChI is InChI=1S/C85H63BN2SSi/c1-56-50-79-82-81(51-56)90(64-32-16-8-17-33-64,65-34-18-9-19-35-65)83-74-52-60(57-26-10-5-11-27-57)42-49-80(74)89-84(83)86(82)75-47-45-63(55-78(75)88(79)77-48-43-61(85(2,3)4)53-72(77)59-30-14-7-15-31-59)87(76-41-25-24-36-66(76)58-28-12-6-13-29-58)62-44-46-71-69-39-21-20-37-67(69)68-38-22-23-40-70(68)73(71)54-62/h5-55H,1-4H3. The van der Waals surface area contributed by atoms with Gasteiger partial charge in [-0.2, -0.15) is 0 Å². The van der Waals surface area contributed by atoms with Gasteiger partial charge in [-0.3, -0.25) is 0 Å². The summed E-state index contributed by atoms with van der Waals surface area (Å²) in [5, 5.41) is 14.6. The number of anilines is 6. The van der Waals surface area contributed by atoms with Crippen LogP contribution in [0.25, 0.3) is 75.8 Å². The van der Waals surface area contributed by atoms with Crippen LogP contribution < -0.4 is 46.2 Å². The van der Waals surface area contributed by atoms with E-state index in [0.717, 1.165) is 33.9 Å². The Bertz CT molecular complexity index is 5240. The zero-order valence-corrected chi connectivity index (χ0v) is 52.6. The fourth-order valence-electron chi connectivity index (χ4n) is 15.3. The predicted molar refractivity (Wildman–Crippen MR) is 392 cm³/mol. The van der Waals surface area contributed by atoms with Crippen LogP contribution in [0.3, 0.4) is 0 Å². The van der Waals surface area contributed by atoms with Gasteiger partial charge in [0.15, 0.2) is 8.07 Å². The van der Waals surface area contributed by atoms with E-state index in [1.807, 2.05) is 11.3 Å². The number of nitrogens with zero attached hydrogens (tertiary/aromatic N) is 2. The zero-order valence-electron chi connectivity index (χ0n) is 50.8. The SMILES string of the molecule is Cc1cc2c3c(c1)[Si](c1ccccc1)(c1ccccc1)c1c(sc4ccc(-c5ccccc5)cc14)B3c1ccc(N(c3ccc4c5ccccc5c5ccccc5c4c3)c3ccccc3-c3ccccc3)cc1N2c1ccc(C(C)(C)C)cc1-c1ccccc1. The summed E-state index contributed by atoms with van der Waals surface area (Å²) in [6.07, 6.45) is 0. The van der Waals surface area contributed by atoms with Gasteiger partial charge < -0.3 is 9.80 Å². The summed E-state index contributed by atoms with van der Waals surface area (Å²) in [4.78, 5) is 5.24. The molecule has 0 saturated heterocycles. The third-order valence-electron chi connectivity index (χ3n) is 19.3. The minimum absolute atomic E-state index is 0.0871. The topological polar surface area (TPSA) is 6.48 Å². The van der Waals surface area contributed by atoms with Gasteiger partial charge in [0.1, 0.15) is 0 Å². The van der Waals surface area contributed by atoms with Crippen molar-refractivity contribution >= 4 is 139 Å². The number of benzene rings is 14. The molecule has 0 atom stereocenters. The average Bonchev–Trinajstić information content (AvgIpc) is 1.21. The molecule has 0 N–H and O–H groups in total. The van der Waals surface area contributed by atoms with Crippen LogP contribution in [0.4, 0.5) is 34.1 Å². The van der Waals surface area contributed by atoms with E-state index in [-0.39, 0.29) is 12.1 Å². The molecule has 0 unspecified atom stereocenters. The summed E-state index contributed by atoms with van der Waals surface area (Å²) < 4.78 is 2.76. The highest BCUT2D eigenvalue weighted by atomic mass is 32.1. The van der Waals surface area contributed by atoms with Gasteiger partial charge in [0, 0.05) is 38.6 Å². The minimum Gasteiger partial charge on any atom is -0.311 e. The molecule has 5 heteroatoms. The molecule has 2 aliphatic heterocycles. The predicted octanol–water partition coefficient (Wildman–Crippen LogP) is 18.4. The summed E-state index contributed by atoms with van der Waals surface area (Å²) in [7, 11) is -3.20. The zero-order chi connectivity index (χ0) is 60.2. The Labute approximate surface area is 532 Å². The van der Waals surface area contributed by atoms with Crippen molar-refractivity contribution in [3.63, 3.8) is 0 Å². The molecule has 15 aromatic rings. The van der Waals surface area contributed by atoms with Crippen molar-refractivity contribution < 1.29 is 0 Å². The van der Waals surface area contributed by atoms with Crippen LogP contribution in [-0.2, 0) is 5.41 Å². The molecule has 90 heavy (non-hydrogen) atoms. The fourth-order valence-corrected chi connectivity index (χ4v) is 22.7. The molecule has 2 nitrogen and oxygen atoms in total. The van der Waals surface area contributed by atoms with Crippen molar-refractivity contribution in [2.45, 2.75) is 33.1 Å². The monoisotopic (exact) mass is 1180 g/mol. The first-order valence-corrected chi connectivity index (χ1v) is 34.3. The van der Waals surface area contributed by atoms with Gasteiger partial charge in [0.25, 0.3) is 6.71 Å². The highest BCUT2D eigenvalue weighted by molar-refractivity contribution is 7.40. The van der Waals surface area contributed by atoms with Crippen molar-refractivity contribution in [2.75, 3.05) is 9.80 Å². The quantitative estimate of drug-likeness (QED) is 0.105. The van der Waals surface area contributed by atoms with Crippen molar-refractivity contribution in [2.24, 2.45) is 0 Å². The molecule has 14 aromatic carbocycles. The van der Waals surface area contributed by atoms with Crippen LogP contribution in [0.1, 0.15) is 31.9 Å². The molecular formula is C85H63BN2SSi. The number of hydrogen-bond donors (Lipinski definition) is 0. The summed E-state index contributed by atoms with van der Waals surface area (Å²) in [6.45, 7) is 9.27. The number of para-hydroxylation sites is 1. The van der Waals surface area contributed by atoms with E-state index in [2.05, 4.69) is 347 Å². The molecule has 0 spiro atoms. The van der Waals surface area contributed by atoms with Crippen LogP contribution in [0.5, 0.6) is 0 Å². The lowest BCUT2D eigenvalue weighted by molar-refractivity contribution is 0.590. The first-order valence-electron chi connectivity index (χ1n) is 31.5. The van der Waals surface area contributed by atoms with Gasteiger partial charge in [-0.1, -0.05) is 269 Å². The molecule has 0 amide bonds. The Kier molecular flexibility index (Phi) is 12.7. The molecule has 0 radical (unpaired) electrons. The van der Waals surface area contributed by atoms with Gasteiger partial charge in [-0.05, 0) is 181 Å². The maximum atomic E-state index is 2.69. The second-order valence-corrected chi connectivity index (χ2v) is 30.3. The Morgan fingerprint density at radius 1 is 0.389 bits per heavy atom. The van der Waals surface area contributed by atoms with E-state index in [1.54, 1.807) is 0 Å². The highest BCUT2D eigenvalue weighted by Gasteiger charge is 2.55. The van der Waals surface area contributed by atoms with E-state index in [9.17, 15) is 0 Å². The van der Waals surface area contributed by atoms with Crippen molar-refractivity contribution in [3.05, 3.63) is 321 Å². The molecule has 3 heterocycles.